The van der Waals surface area contributed by atoms with Gasteiger partial charge in [-0.25, -0.2) is 4.79 Å². The van der Waals surface area contributed by atoms with Gasteiger partial charge in [0.15, 0.2) is 5.78 Å². The molecule has 17 nitrogen and oxygen atoms in total. The van der Waals surface area contributed by atoms with E-state index in [0.717, 1.165) is 11.0 Å². The van der Waals surface area contributed by atoms with Crippen LogP contribution in [-0.2, 0) is 66.5 Å². The van der Waals surface area contributed by atoms with Crippen molar-refractivity contribution in [1.82, 2.24) is 4.90 Å². The zero-order chi connectivity index (χ0) is 58.5. The van der Waals surface area contributed by atoms with Gasteiger partial charge in [-0.3, -0.25) is 24.0 Å². The Bertz CT molecular complexity index is 2400. The molecule has 4 fully saturated rings. The zero-order valence-electron chi connectivity index (χ0n) is 49.2. The number of carbonyl (C=O) groups excluding carboxylic acids is 6. The highest BCUT2D eigenvalue weighted by Crippen LogP contribution is 2.39. The highest BCUT2D eigenvalue weighted by atomic mass is 16.6. The van der Waals surface area contributed by atoms with Gasteiger partial charge >= 0.3 is 19.1 Å². The molecule has 5 aliphatic rings. The summed E-state index contributed by atoms with van der Waals surface area (Å²) in [6, 6.07) is 8.32. The minimum atomic E-state index is -2.46. The second-order valence-corrected chi connectivity index (χ2v) is 23.9. The number of amides is 1. The third kappa shape index (κ3) is 16.3. The molecule has 0 aromatic heterocycles. The number of benzene rings is 1. The number of allylic oxidation sites excluding steroid dienone is 6. The number of aliphatic hydroxyl groups excluding tert-OH is 1. The molecule has 0 spiro atoms. The summed E-state index contributed by atoms with van der Waals surface area (Å²) in [5.41, 5.74) is 1.05. The molecule has 0 radical (unpaired) electrons. The molecule has 2 bridgehead atoms. The highest BCUT2D eigenvalue weighted by Gasteiger charge is 2.53. The summed E-state index contributed by atoms with van der Waals surface area (Å²) in [5, 5.41) is 23.7. The van der Waals surface area contributed by atoms with Crippen LogP contribution in [0.3, 0.4) is 0 Å². The minimum Gasteiger partial charge on any atom is -0.460 e. The summed E-state index contributed by atoms with van der Waals surface area (Å²) in [6.07, 6.45) is 10.4. The number of Topliss-reactive ketones (excluding diaryl/α,β-unsaturated/α-hetero) is 3. The lowest BCUT2D eigenvalue weighted by Crippen LogP contribution is -2.61. The number of fused-ring (bicyclic) bond motifs is 3. The smallest absolute Gasteiger partial charge is 0.460 e. The fourth-order valence-electron chi connectivity index (χ4n) is 12.0. The van der Waals surface area contributed by atoms with Gasteiger partial charge in [-0.2, -0.15) is 0 Å². The summed E-state index contributed by atoms with van der Waals surface area (Å²) in [6.45, 7) is 14.7. The minimum absolute atomic E-state index is 0.000113. The normalized spacial score (nSPS) is 36.8. The van der Waals surface area contributed by atoms with E-state index < -0.39 is 114 Å². The Balaban J connectivity index is 1.23. The van der Waals surface area contributed by atoms with Gasteiger partial charge in [-0.05, 0) is 119 Å². The number of esters is 2. The summed E-state index contributed by atoms with van der Waals surface area (Å²) in [7, 11) is 3.93. The molecule has 1 amide bonds. The van der Waals surface area contributed by atoms with E-state index >= 15 is 0 Å². The molecule has 18 heteroatoms. The fourth-order valence-corrected chi connectivity index (χ4v) is 12.0. The van der Waals surface area contributed by atoms with E-state index in [2.05, 4.69) is 0 Å². The first-order chi connectivity index (χ1) is 38.0. The monoisotopic (exact) mass is 1120 g/mol. The van der Waals surface area contributed by atoms with Crippen LogP contribution in [-0.4, -0.2) is 153 Å². The van der Waals surface area contributed by atoms with Crippen LogP contribution in [0.4, 0.5) is 0 Å². The maximum atomic E-state index is 14.7. The molecule has 1 aromatic rings. The van der Waals surface area contributed by atoms with Crippen molar-refractivity contribution < 1.29 is 76.7 Å². The number of hydrogen-bond acceptors (Lipinski definition) is 16. The van der Waals surface area contributed by atoms with Gasteiger partial charge in [0, 0.05) is 71.7 Å². The lowest BCUT2D eigenvalue weighted by atomic mass is 9.75. The van der Waals surface area contributed by atoms with Crippen LogP contribution in [0.1, 0.15) is 132 Å². The predicted octanol–water partition coefficient (Wildman–Crippen LogP) is 7.18. The van der Waals surface area contributed by atoms with Crippen molar-refractivity contribution in [2.45, 2.75) is 187 Å². The SMILES string of the molecule is CO[C@H]1C[C@@H]2CC[C@@H](C)[C@@](O)(O2)C(=O)C(=O)N2CCCC[C@H]2C(=O)O[C@H]([C@H](C)C[C@H]2CC[C@@H](OC(=O)C3(C)COB(c4ccccc4)OC3)[C@H](OC)C2)CC(=O)[C@H](C)/C=C(\C)[C@@H](O)[C@@H](OC)C(=O)[C@H](C)C[C@H](C)/C=C/C=C/C=C/1C. The van der Waals surface area contributed by atoms with Crippen LogP contribution in [0.2, 0.25) is 0 Å². The van der Waals surface area contributed by atoms with Gasteiger partial charge in [0.2, 0.25) is 5.79 Å². The summed E-state index contributed by atoms with van der Waals surface area (Å²) < 4.78 is 48.2. The predicted molar refractivity (Wildman–Crippen MR) is 301 cm³/mol. The molecular weight excluding hydrogens is 1030 g/mol. The molecule has 442 valence electrons. The molecule has 1 aromatic carbocycles. The van der Waals surface area contributed by atoms with Gasteiger partial charge < -0.3 is 52.8 Å². The van der Waals surface area contributed by atoms with Gasteiger partial charge in [0.25, 0.3) is 11.7 Å². The number of aliphatic hydroxyl groups is 2. The van der Waals surface area contributed by atoms with E-state index in [4.69, 9.17) is 37.7 Å². The topological polar surface area (TPSA) is 220 Å². The van der Waals surface area contributed by atoms with E-state index in [9.17, 15) is 39.0 Å². The molecule has 3 saturated heterocycles. The van der Waals surface area contributed by atoms with Gasteiger partial charge in [-0.1, -0.05) is 101 Å². The van der Waals surface area contributed by atoms with Gasteiger partial charge in [-0.15, -0.1) is 0 Å². The number of hydrogen-bond donors (Lipinski definition) is 2. The fraction of sp³-hybridized carbons (Fsp3) is 0.677. The maximum absolute atomic E-state index is 14.7. The molecule has 4 heterocycles. The van der Waals surface area contributed by atoms with E-state index in [-0.39, 0.29) is 56.0 Å². The van der Waals surface area contributed by atoms with E-state index in [0.29, 0.717) is 69.8 Å². The number of methoxy groups -OCH3 is 3. The summed E-state index contributed by atoms with van der Waals surface area (Å²) in [5.74, 6) is -8.89. The molecule has 6 rings (SSSR count). The van der Waals surface area contributed by atoms with Crippen LogP contribution in [0.15, 0.2) is 77.9 Å². The molecule has 15 atom stereocenters. The lowest BCUT2D eigenvalue weighted by Gasteiger charge is -2.42. The van der Waals surface area contributed by atoms with Crippen LogP contribution in [0.25, 0.3) is 0 Å². The van der Waals surface area contributed by atoms with Crippen LogP contribution >= 0.6 is 0 Å². The first-order valence-corrected chi connectivity index (χ1v) is 29.0. The van der Waals surface area contributed by atoms with Crippen LogP contribution in [0, 0.1) is 40.9 Å². The van der Waals surface area contributed by atoms with Crippen molar-refractivity contribution in [2.24, 2.45) is 40.9 Å². The van der Waals surface area contributed by atoms with Crippen molar-refractivity contribution in [1.29, 1.82) is 0 Å². The lowest BCUT2D eigenvalue weighted by molar-refractivity contribution is -0.265. The Morgan fingerprint density at radius 1 is 0.838 bits per heavy atom. The molecule has 1 saturated carbocycles. The van der Waals surface area contributed by atoms with Crippen molar-refractivity contribution in [3.63, 3.8) is 0 Å². The Morgan fingerprint density at radius 2 is 1.55 bits per heavy atom. The summed E-state index contributed by atoms with van der Waals surface area (Å²) >= 11 is 0. The first kappa shape index (κ1) is 64.5. The molecule has 2 N–H and O–H groups in total. The zero-order valence-corrected chi connectivity index (χ0v) is 49.2. The third-order valence-electron chi connectivity index (χ3n) is 17.4. The Labute approximate surface area is 474 Å². The average molecular weight is 1120 g/mol. The number of piperidine rings is 1. The second kappa shape index (κ2) is 29.5. The average Bonchev–Trinajstić information content (AvgIpc) is 3.57. The molecule has 80 heavy (non-hydrogen) atoms. The Hall–Kier alpha value is -4.66. The van der Waals surface area contributed by atoms with E-state index in [1.807, 2.05) is 88.4 Å². The number of ketones is 3. The Morgan fingerprint density at radius 3 is 2.23 bits per heavy atom. The molecule has 4 aliphatic heterocycles. The number of cyclic esters (lactones) is 1. The van der Waals surface area contributed by atoms with Crippen molar-refractivity contribution in [3.05, 3.63) is 77.9 Å². The first-order valence-electron chi connectivity index (χ1n) is 29.0. The standard InChI is InChI=1S/C62H90BNO16/c1-38-20-14-12-15-21-39(2)51(73-9)34-47-27-25-44(7)62(72,80-47)57(68)58(69)64-29-19-18-24-48(64)59(70)78-52(35-49(65)40(3)31-43(6)55(67)56(75-11)54(66)42(5)30-38)41(4)32-45-26-28-50(53(33-45)74-10)79-60(71)61(8)36-76-63(77-37-61)46-22-16-13-17-23-46/h12-17,20-23,31,38,40-42,44-45,47-48,50-53,55-56,67,72H,18-19,24-30,32-37H2,1-11H3/b15-12+,20-14+,39-21+,43-31+/t38-,40-,41-,42-,44-,45-,47+,48+,50-,51+,52+,53-,55-,56+,62-/m1/s1. The number of nitrogens with zero attached hydrogens (tertiary/aromatic N) is 1. The van der Waals surface area contributed by atoms with Crippen molar-refractivity contribution in [3.8, 4) is 0 Å². The number of ether oxygens (including phenoxy) is 6. The summed E-state index contributed by atoms with van der Waals surface area (Å²) in [4.78, 5) is 86.7. The highest BCUT2D eigenvalue weighted by molar-refractivity contribution is 6.61. The number of carbonyl (C=O) groups is 6. The second-order valence-electron chi connectivity index (χ2n) is 23.9. The van der Waals surface area contributed by atoms with E-state index in [1.54, 1.807) is 48.0 Å². The molecule has 1 aliphatic carbocycles. The van der Waals surface area contributed by atoms with E-state index in [1.165, 1.54) is 12.0 Å². The van der Waals surface area contributed by atoms with Crippen molar-refractivity contribution >= 4 is 47.8 Å². The van der Waals surface area contributed by atoms with Crippen LogP contribution < -0.4 is 5.46 Å². The Kier molecular flexibility index (Phi) is 23.8. The van der Waals surface area contributed by atoms with Crippen LogP contribution in [0.5, 0.6) is 0 Å². The molecular formula is C62H90BNO16. The van der Waals surface area contributed by atoms with Gasteiger partial charge in [0.1, 0.15) is 41.7 Å². The number of rotatable bonds is 9. The largest absolute Gasteiger partial charge is 0.493 e. The third-order valence-corrected chi connectivity index (χ3v) is 17.4. The molecule has 0 unspecified atom stereocenters. The maximum Gasteiger partial charge on any atom is 0.493 e. The van der Waals surface area contributed by atoms with Crippen molar-refractivity contribution in [2.75, 3.05) is 41.1 Å². The quantitative estimate of drug-likeness (QED) is 0.108. The van der Waals surface area contributed by atoms with Gasteiger partial charge in [0.05, 0.1) is 18.3 Å².